The molecule has 1 saturated heterocycles. The highest BCUT2D eigenvalue weighted by atomic mass is 35.5. The topological polar surface area (TPSA) is 105 Å². The second-order valence-corrected chi connectivity index (χ2v) is 11.0. The summed E-state index contributed by atoms with van der Waals surface area (Å²) in [7, 11) is 1.45. The quantitative estimate of drug-likeness (QED) is 0.0709. The largest absolute Gasteiger partial charge is 0.504 e. The summed E-state index contributed by atoms with van der Waals surface area (Å²) in [6.45, 7) is 4.40. The first kappa shape index (κ1) is 41.1. The zero-order chi connectivity index (χ0) is 35.4. The minimum absolute atomic E-state index is 0. The Morgan fingerprint density at radius 3 is 1.78 bits per heavy atom. The van der Waals surface area contributed by atoms with Crippen LogP contribution in [0.4, 0.5) is 17.6 Å². The molecule has 0 unspecified atom stereocenters. The Hall–Kier alpha value is -4.04. The molecule has 3 heterocycles. The van der Waals surface area contributed by atoms with E-state index in [2.05, 4.69) is 10.2 Å². The molecule has 0 aliphatic carbocycles. The summed E-state index contributed by atoms with van der Waals surface area (Å²) in [5.74, 6) is -2.99. The normalized spacial score (nSPS) is 12.0. The van der Waals surface area contributed by atoms with E-state index >= 15 is 0 Å². The standard InChI is InChI=1S/C15H13ClF2N2O2.C14H11ClF2N2O2.C4H8O.ClH/c1-9(21)14-12(5-6-22-2)15(16)20(19-14)8-10-7-11(17)3-4-13(10)18;1-8(21)13-11(4-5-20)14(15)19(18-13)7-9-6-10(16)2-3-12(9)17;1-2-4-5-3-1;/h3-7H,8H2,1-2H3;2-3,5-6H,4,7H2,1H3;1-4H2;1H. The number of carbonyl (C=O) groups is 3. The van der Waals surface area contributed by atoms with E-state index < -0.39 is 23.3 Å². The Bertz CT molecular complexity index is 1780. The summed E-state index contributed by atoms with van der Waals surface area (Å²) < 4.78 is 65.9. The summed E-state index contributed by atoms with van der Waals surface area (Å²) in [5.41, 5.74) is 0.983. The van der Waals surface area contributed by atoms with E-state index in [-0.39, 0.29) is 81.9 Å². The number of ketones is 2. The zero-order valence-electron chi connectivity index (χ0n) is 26.7. The molecular weight excluding hydrogens is 715 g/mol. The number of aromatic nitrogens is 4. The van der Waals surface area contributed by atoms with Crippen molar-refractivity contribution in [3.63, 3.8) is 0 Å². The molecule has 0 bridgehead atoms. The van der Waals surface area contributed by atoms with Crippen molar-refractivity contribution in [3.05, 3.63) is 110 Å². The Morgan fingerprint density at radius 2 is 1.35 bits per heavy atom. The molecule has 16 heteroatoms. The van der Waals surface area contributed by atoms with Gasteiger partial charge in [-0.25, -0.2) is 26.9 Å². The van der Waals surface area contributed by atoms with Crippen molar-refractivity contribution in [2.24, 2.45) is 0 Å². The summed E-state index contributed by atoms with van der Waals surface area (Å²) in [6.07, 6.45) is 5.93. The van der Waals surface area contributed by atoms with Crippen molar-refractivity contribution in [1.82, 2.24) is 19.6 Å². The second-order valence-electron chi connectivity index (χ2n) is 10.3. The van der Waals surface area contributed by atoms with Gasteiger partial charge in [0.2, 0.25) is 0 Å². The van der Waals surface area contributed by atoms with Crippen LogP contribution in [0.3, 0.4) is 0 Å². The molecule has 1 aliphatic heterocycles. The molecule has 9 nitrogen and oxygen atoms in total. The third-order valence-electron chi connectivity index (χ3n) is 6.72. The second kappa shape index (κ2) is 19.8. The third-order valence-corrected chi connectivity index (χ3v) is 7.54. The smallest absolute Gasteiger partial charge is 0.180 e. The van der Waals surface area contributed by atoms with Gasteiger partial charge in [-0.3, -0.25) is 9.59 Å². The number of aldehydes is 1. The zero-order valence-corrected chi connectivity index (χ0v) is 29.0. The fraction of sp³-hybridized carbons (Fsp3) is 0.303. The van der Waals surface area contributed by atoms with E-state index in [4.69, 9.17) is 32.7 Å². The molecule has 0 amide bonds. The number of halogens is 7. The number of methoxy groups -OCH3 is 1. The number of benzene rings is 2. The van der Waals surface area contributed by atoms with Crippen LogP contribution in [-0.2, 0) is 33.8 Å². The highest BCUT2D eigenvalue weighted by molar-refractivity contribution is 6.32. The lowest BCUT2D eigenvalue weighted by Gasteiger charge is -2.05. The molecule has 0 radical (unpaired) electrons. The number of ether oxygens (including phenoxy) is 2. The van der Waals surface area contributed by atoms with Crippen LogP contribution >= 0.6 is 35.6 Å². The van der Waals surface area contributed by atoms with Crippen LogP contribution in [0.5, 0.6) is 0 Å². The highest BCUT2D eigenvalue weighted by Gasteiger charge is 2.21. The summed E-state index contributed by atoms with van der Waals surface area (Å²) >= 11 is 12.2. The van der Waals surface area contributed by atoms with E-state index in [1.165, 1.54) is 55.5 Å². The van der Waals surface area contributed by atoms with Crippen molar-refractivity contribution in [1.29, 1.82) is 0 Å². The lowest BCUT2D eigenvalue weighted by Crippen LogP contribution is -2.06. The molecule has 264 valence electrons. The van der Waals surface area contributed by atoms with Crippen LogP contribution in [0.1, 0.15) is 69.9 Å². The number of Topliss-reactive ketones (excluding diaryl/α,β-unsaturated/α-hetero) is 2. The van der Waals surface area contributed by atoms with Gasteiger partial charge >= 0.3 is 0 Å². The van der Waals surface area contributed by atoms with Crippen LogP contribution in [0, 0.1) is 23.3 Å². The lowest BCUT2D eigenvalue weighted by molar-refractivity contribution is -0.107. The molecule has 0 atom stereocenters. The van der Waals surface area contributed by atoms with Gasteiger partial charge in [0.25, 0.3) is 0 Å². The van der Waals surface area contributed by atoms with Gasteiger partial charge in [0, 0.05) is 55.7 Å². The minimum Gasteiger partial charge on any atom is -0.504 e. The molecule has 1 aliphatic rings. The van der Waals surface area contributed by atoms with Crippen molar-refractivity contribution in [2.75, 3.05) is 20.3 Å². The molecule has 5 rings (SSSR count). The number of hydrogen-bond donors (Lipinski definition) is 0. The molecule has 1 fully saturated rings. The van der Waals surface area contributed by atoms with Gasteiger partial charge in [0.05, 0.1) is 26.5 Å². The predicted molar refractivity (Wildman–Crippen MR) is 179 cm³/mol. The molecule has 4 aromatic rings. The highest BCUT2D eigenvalue weighted by Crippen LogP contribution is 2.25. The average molecular weight is 748 g/mol. The van der Waals surface area contributed by atoms with E-state index in [0.29, 0.717) is 11.8 Å². The van der Waals surface area contributed by atoms with Crippen molar-refractivity contribution in [3.8, 4) is 0 Å². The number of hydrogen-bond acceptors (Lipinski definition) is 7. The molecule has 0 saturated carbocycles. The number of carbonyl (C=O) groups excluding carboxylic acids is 3. The van der Waals surface area contributed by atoms with Gasteiger partial charge in [-0.2, -0.15) is 10.2 Å². The molecule has 2 aromatic heterocycles. The van der Waals surface area contributed by atoms with Gasteiger partial charge in [-0.05, 0) is 55.3 Å². The van der Waals surface area contributed by atoms with Crippen molar-refractivity contribution >= 4 is 59.5 Å². The van der Waals surface area contributed by atoms with Crippen LogP contribution in [-0.4, -0.2) is 57.7 Å². The van der Waals surface area contributed by atoms with Gasteiger partial charge < -0.3 is 14.3 Å². The third kappa shape index (κ3) is 11.5. The van der Waals surface area contributed by atoms with Crippen LogP contribution in [0.15, 0.2) is 42.7 Å². The maximum absolute atomic E-state index is 13.7. The van der Waals surface area contributed by atoms with Crippen LogP contribution in [0.25, 0.3) is 6.08 Å². The van der Waals surface area contributed by atoms with E-state index in [9.17, 15) is 31.9 Å². The predicted octanol–water partition coefficient (Wildman–Crippen LogP) is 7.71. The monoisotopic (exact) mass is 746 g/mol. The molecular formula is C33H33Cl3F4N4O5. The molecule has 2 aromatic carbocycles. The maximum atomic E-state index is 13.7. The van der Waals surface area contributed by atoms with Gasteiger partial charge in [-0.1, -0.05) is 23.2 Å². The van der Waals surface area contributed by atoms with Gasteiger partial charge in [-0.15, -0.1) is 12.4 Å². The van der Waals surface area contributed by atoms with E-state index in [0.717, 1.165) is 49.6 Å². The Balaban J connectivity index is 0.000000292. The fourth-order valence-corrected chi connectivity index (χ4v) is 4.91. The first-order valence-electron chi connectivity index (χ1n) is 14.5. The van der Waals surface area contributed by atoms with Gasteiger partial charge in [0.15, 0.2) is 11.6 Å². The Morgan fingerprint density at radius 1 is 0.857 bits per heavy atom. The molecule has 49 heavy (non-hydrogen) atoms. The minimum atomic E-state index is -0.607. The van der Waals surface area contributed by atoms with E-state index in [1.54, 1.807) is 0 Å². The Labute approximate surface area is 296 Å². The van der Waals surface area contributed by atoms with Crippen LogP contribution in [0.2, 0.25) is 10.3 Å². The lowest BCUT2D eigenvalue weighted by atomic mass is 10.1. The maximum Gasteiger partial charge on any atom is 0.180 e. The summed E-state index contributed by atoms with van der Waals surface area (Å²) in [4.78, 5) is 33.8. The first-order valence-corrected chi connectivity index (χ1v) is 15.2. The number of nitrogens with zero attached hydrogens (tertiary/aromatic N) is 4. The molecule has 0 spiro atoms. The molecule has 0 N–H and O–H groups in total. The average Bonchev–Trinajstić information content (AvgIpc) is 3.79. The van der Waals surface area contributed by atoms with E-state index in [1.807, 2.05) is 0 Å². The summed E-state index contributed by atoms with van der Waals surface area (Å²) in [6, 6.07) is 6.14. The van der Waals surface area contributed by atoms with Crippen molar-refractivity contribution < 1.29 is 41.4 Å². The van der Waals surface area contributed by atoms with Gasteiger partial charge in [0.1, 0.15) is 51.2 Å². The van der Waals surface area contributed by atoms with Crippen molar-refractivity contribution in [2.45, 2.75) is 46.2 Å². The SMILES string of the molecule is C1CCOC1.CC(=O)c1nn(Cc2cc(F)ccc2F)c(Cl)c1CC=O.COC=Cc1c(C(C)=O)nn(Cc2cc(F)ccc2F)c1Cl.Cl. The summed E-state index contributed by atoms with van der Waals surface area (Å²) in [5, 5.41) is 8.26. The van der Waals surface area contributed by atoms with Crippen LogP contribution < -0.4 is 0 Å². The number of rotatable bonds is 10. The Kier molecular flexibility index (Phi) is 16.6. The fourth-order valence-electron chi connectivity index (χ4n) is 4.40. The first-order chi connectivity index (χ1) is 22.9.